The summed E-state index contributed by atoms with van der Waals surface area (Å²) in [6.07, 6.45) is 10.8. The van der Waals surface area contributed by atoms with Crippen molar-refractivity contribution < 1.29 is 19.1 Å². The minimum atomic E-state index is -0.489. The lowest BCUT2D eigenvalue weighted by atomic mass is 10.1. The normalized spacial score (nSPS) is 11.2. The molecule has 0 spiro atoms. The molecule has 0 saturated carbocycles. The molecule has 1 amide bonds. The number of rotatable bonds is 12. The van der Waals surface area contributed by atoms with Crippen LogP contribution in [0.4, 0.5) is 0 Å². The highest BCUT2D eigenvalue weighted by atomic mass is 16.6. The van der Waals surface area contributed by atoms with Crippen LogP contribution in [0.3, 0.4) is 0 Å². The molecular formula is C27H33NO4. The van der Waals surface area contributed by atoms with Crippen LogP contribution < -0.4 is 14.8 Å². The SMILES string of the molecule is COc1cc(CNC(=O)CCCCC=CC(C)C)ccc1OC(=O)C=Cc1ccccc1. The van der Waals surface area contributed by atoms with Gasteiger partial charge in [-0.1, -0.05) is 62.4 Å². The van der Waals surface area contributed by atoms with Gasteiger partial charge in [-0.15, -0.1) is 0 Å². The van der Waals surface area contributed by atoms with Gasteiger partial charge in [-0.2, -0.15) is 0 Å². The molecule has 0 aliphatic rings. The van der Waals surface area contributed by atoms with E-state index in [2.05, 4.69) is 31.3 Å². The van der Waals surface area contributed by atoms with Gasteiger partial charge in [-0.05, 0) is 54.5 Å². The van der Waals surface area contributed by atoms with Gasteiger partial charge in [0.2, 0.25) is 5.91 Å². The van der Waals surface area contributed by atoms with E-state index in [-0.39, 0.29) is 5.91 Å². The molecule has 0 aliphatic heterocycles. The molecule has 2 aromatic carbocycles. The summed E-state index contributed by atoms with van der Waals surface area (Å²) < 4.78 is 10.8. The molecule has 1 N–H and O–H groups in total. The summed E-state index contributed by atoms with van der Waals surface area (Å²) in [5, 5.41) is 2.93. The van der Waals surface area contributed by atoms with Gasteiger partial charge in [0.25, 0.3) is 0 Å². The first kappa shape index (κ1) is 24.9. The number of allylic oxidation sites excluding steroid dienone is 2. The minimum absolute atomic E-state index is 0.0263. The first-order valence-electron chi connectivity index (χ1n) is 11.0. The average molecular weight is 436 g/mol. The number of methoxy groups -OCH3 is 1. The van der Waals surface area contributed by atoms with Gasteiger partial charge in [-0.25, -0.2) is 4.79 Å². The minimum Gasteiger partial charge on any atom is -0.493 e. The monoisotopic (exact) mass is 435 g/mol. The quantitative estimate of drug-likeness (QED) is 0.153. The number of hydrogen-bond donors (Lipinski definition) is 1. The van der Waals surface area contributed by atoms with Crippen molar-refractivity contribution in [1.29, 1.82) is 0 Å². The largest absolute Gasteiger partial charge is 0.493 e. The van der Waals surface area contributed by atoms with Gasteiger partial charge >= 0.3 is 5.97 Å². The number of unbranched alkanes of at least 4 members (excludes halogenated alkanes) is 2. The van der Waals surface area contributed by atoms with Crippen LogP contribution in [0, 0.1) is 5.92 Å². The Labute approximate surface area is 191 Å². The maximum Gasteiger partial charge on any atom is 0.336 e. The van der Waals surface area contributed by atoms with E-state index in [1.54, 1.807) is 18.2 Å². The van der Waals surface area contributed by atoms with Crippen molar-refractivity contribution >= 4 is 18.0 Å². The molecule has 0 fully saturated rings. The average Bonchev–Trinajstić information content (AvgIpc) is 2.79. The van der Waals surface area contributed by atoms with Crippen LogP contribution in [-0.2, 0) is 16.1 Å². The Morgan fingerprint density at radius 1 is 1.03 bits per heavy atom. The van der Waals surface area contributed by atoms with E-state index in [1.165, 1.54) is 13.2 Å². The lowest BCUT2D eigenvalue weighted by Crippen LogP contribution is -2.22. The predicted octanol–water partition coefficient (Wildman–Crippen LogP) is 5.70. The van der Waals surface area contributed by atoms with Crippen LogP contribution in [0.15, 0.2) is 66.8 Å². The number of ether oxygens (including phenoxy) is 2. The standard InChI is InChI=1S/C27H33NO4/c1-21(2)11-7-4-5-10-14-26(29)28-20-23-15-17-24(25(19-23)31-3)32-27(30)18-16-22-12-8-6-9-13-22/h6-9,11-13,15-19,21H,4-5,10,14,20H2,1-3H3,(H,28,29). The maximum absolute atomic E-state index is 12.1. The first-order chi connectivity index (χ1) is 15.5. The Morgan fingerprint density at radius 3 is 2.53 bits per heavy atom. The molecule has 0 radical (unpaired) electrons. The van der Waals surface area contributed by atoms with E-state index in [9.17, 15) is 9.59 Å². The fourth-order valence-electron chi connectivity index (χ4n) is 2.98. The molecule has 0 atom stereocenters. The zero-order valence-electron chi connectivity index (χ0n) is 19.2. The lowest BCUT2D eigenvalue weighted by Gasteiger charge is -2.11. The highest BCUT2D eigenvalue weighted by Crippen LogP contribution is 2.28. The zero-order valence-corrected chi connectivity index (χ0v) is 19.2. The summed E-state index contributed by atoms with van der Waals surface area (Å²) in [7, 11) is 1.52. The van der Waals surface area contributed by atoms with Crippen LogP contribution in [0.25, 0.3) is 6.08 Å². The second-order valence-corrected chi connectivity index (χ2v) is 7.85. The van der Waals surface area contributed by atoms with Gasteiger partial charge in [0.15, 0.2) is 11.5 Å². The van der Waals surface area contributed by atoms with Gasteiger partial charge < -0.3 is 14.8 Å². The van der Waals surface area contributed by atoms with E-state index < -0.39 is 5.97 Å². The van der Waals surface area contributed by atoms with Crippen LogP contribution in [0.5, 0.6) is 11.5 Å². The van der Waals surface area contributed by atoms with Crippen molar-refractivity contribution in [1.82, 2.24) is 5.32 Å². The molecule has 5 nitrogen and oxygen atoms in total. The number of carbonyl (C=O) groups is 2. The summed E-state index contributed by atoms with van der Waals surface area (Å²) in [6, 6.07) is 14.8. The third kappa shape index (κ3) is 9.65. The van der Waals surface area contributed by atoms with E-state index in [1.807, 2.05) is 36.4 Å². The highest BCUT2D eigenvalue weighted by molar-refractivity contribution is 5.89. The molecule has 0 saturated heterocycles. The number of nitrogens with one attached hydrogen (secondary N) is 1. The number of hydrogen-bond acceptors (Lipinski definition) is 4. The first-order valence-corrected chi connectivity index (χ1v) is 11.0. The van der Waals surface area contributed by atoms with Crippen molar-refractivity contribution in [3.05, 3.63) is 77.9 Å². The van der Waals surface area contributed by atoms with Crippen molar-refractivity contribution in [3.8, 4) is 11.5 Å². The molecule has 2 rings (SSSR count). The Morgan fingerprint density at radius 2 is 1.81 bits per heavy atom. The molecule has 0 unspecified atom stereocenters. The fourth-order valence-corrected chi connectivity index (χ4v) is 2.98. The molecule has 170 valence electrons. The van der Waals surface area contributed by atoms with Crippen LogP contribution in [0.2, 0.25) is 0 Å². The Kier molecular flexibility index (Phi) is 10.8. The summed E-state index contributed by atoms with van der Waals surface area (Å²) in [4.78, 5) is 24.2. The number of carbonyl (C=O) groups excluding carboxylic acids is 2. The van der Waals surface area contributed by atoms with Gasteiger partial charge in [0, 0.05) is 19.0 Å². The van der Waals surface area contributed by atoms with Crippen LogP contribution in [-0.4, -0.2) is 19.0 Å². The lowest BCUT2D eigenvalue weighted by molar-refractivity contribution is -0.129. The molecule has 0 bridgehead atoms. The number of benzene rings is 2. The third-order valence-corrected chi connectivity index (χ3v) is 4.69. The molecule has 2 aromatic rings. The molecule has 0 heterocycles. The van der Waals surface area contributed by atoms with Crippen molar-refractivity contribution in [3.63, 3.8) is 0 Å². The Balaban J connectivity index is 1.80. The van der Waals surface area contributed by atoms with E-state index >= 15 is 0 Å². The molecule has 32 heavy (non-hydrogen) atoms. The second kappa shape index (κ2) is 13.9. The highest BCUT2D eigenvalue weighted by Gasteiger charge is 2.10. The predicted molar refractivity (Wildman–Crippen MR) is 128 cm³/mol. The summed E-state index contributed by atoms with van der Waals surface area (Å²) in [6.45, 7) is 4.70. The zero-order chi connectivity index (χ0) is 23.2. The molecular weight excluding hydrogens is 402 g/mol. The number of esters is 1. The van der Waals surface area contributed by atoms with E-state index in [0.29, 0.717) is 30.4 Å². The van der Waals surface area contributed by atoms with Gasteiger partial charge in [0.1, 0.15) is 0 Å². The molecule has 0 aromatic heterocycles. The van der Waals surface area contributed by atoms with Gasteiger partial charge in [0.05, 0.1) is 7.11 Å². The van der Waals surface area contributed by atoms with E-state index in [4.69, 9.17) is 9.47 Å². The van der Waals surface area contributed by atoms with Crippen LogP contribution in [0.1, 0.15) is 50.7 Å². The molecule has 5 heteroatoms. The Hall–Kier alpha value is -3.34. The van der Waals surface area contributed by atoms with Crippen molar-refractivity contribution in [2.24, 2.45) is 5.92 Å². The Bertz CT molecular complexity index is 917. The third-order valence-electron chi connectivity index (χ3n) is 4.69. The van der Waals surface area contributed by atoms with Gasteiger partial charge in [-0.3, -0.25) is 4.79 Å². The topological polar surface area (TPSA) is 64.6 Å². The van der Waals surface area contributed by atoms with Crippen molar-refractivity contribution in [2.75, 3.05) is 7.11 Å². The summed E-state index contributed by atoms with van der Waals surface area (Å²) in [5.41, 5.74) is 1.78. The molecule has 0 aliphatic carbocycles. The summed E-state index contributed by atoms with van der Waals surface area (Å²) in [5.74, 6) is 0.876. The smallest absolute Gasteiger partial charge is 0.336 e. The van der Waals surface area contributed by atoms with Crippen molar-refractivity contribution in [2.45, 2.75) is 46.1 Å². The maximum atomic E-state index is 12.1. The number of amides is 1. The summed E-state index contributed by atoms with van der Waals surface area (Å²) >= 11 is 0. The second-order valence-electron chi connectivity index (χ2n) is 7.85. The van der Waals surface area contributed by atoms with E-state index in [0.717, 1.165) is 30.4 Å². The fraction of sp³-hybridized carbons (Fsp3) is 0.333. The van der Waals surface area contributed by atoms with Crippen LogP contribution >= 0.6 is 0 Å².